The summed E-state index contributed by atoms with van der Waals surface area (Å²) >= 11 is 0. The summed E-state index contributed by atoms with van der Waals surface area (Å²) in [5.41, 5.74) is 2.42. The van der Waals surface area contributed by atoms with E-state index in [1.807, 2.05) is 26.0 Å². The molecule has 1 aliphatic heterocycles. The molecule has 0 aromatic heterocycles. The third kappa shape index (κ3) is 4.03. The highest BCUT2D eigenvalue weighted by Crippen LogP contribution is 2.24. The lowest BCUT2D eigenvalue weighted by atomic mass is 10.0. The highest BCUT2D eigenvalue weighted by Gasteiger charge is 2.25. The van der Waals surface area contributed by atoms with Gasteiger partial charge in [0.2, 0.25) is 10.0 Å². The molecule has 23 heavy (non-hydrogen) atoms. The van der Waals surface area contributed by atoms with Gasteiger partial charge in [-0.3, -0.25) is 4.79 Å². The minimum Gasteiger partial charge on any atom is -0.496 e. The van der Waals surface area contributed by atoms with E-state index in [2.05, 4.69) is 0 Å². The monoisotopic (exact) mass is 340 g/mol. The highest BCUT2D eigenvalue weighted by atomic mass is 32.2. The maximum absolute atomic E-state index is 12.8. The van der Waals surface area contributed by atoms with Crippen molar-refractivity contribution < 1.29 is 17.9 Å². The Labute approximate surface area is 138 Å². The van der Waals surface area contributed by atoms with E-state index in [4.69, 9.17) is 4.74 Å². The zero-order valence-electron chi connectivity index (χ0n) is 14.1. The van der Waals surface area contributed by atoms with E-state index in [9.17, 15) is 13.2 Å². The number of carbonyl (C=O) groups excluding carboxylic acids is 1. The summed E-state index contributed by atoms with van der Waals surface area (Å²) < 4.78 is 30.0. The Kier molecular flexibility index (Phi) is 5.31. The van der Waals surface area contributed by atoms with Crippen molar-refractivity contribution in [1.29, 1.82) is 0 Å². The molecule has 1 saturated heterocycles. The van der Waals surface area contributed by atoms with Gasteiger partial charge < -0.3 is 9.64 Å². The maximum atomic E-state index is 12.8. The zero-order chi connectivity index (χ0) is 17.2. The largest absolute Gasteiger partial charge is 0.496 e. The first-order chi connectivity index (χ1) is 10.7. The molecule has 1 heterocycles. The molecule has 7 heteroatoms. The van der Waals surface area contributed by atoms with Gasteiger partial charge in [-0.05, 0) is 43.5 Å². The quantitative estimate of drug-likeness (QED) is 0.835. The minimum atomic E-state index is -3.21. The molecule has 2 rings (SSSR count). The van der Waals surface area contributed by atoms with Gasteiger partial charge >= 0.3 is 0 Å². The van der Waals surface area contributed by atoms with Crippen LogP contribution in [0.1, 0.15) is 27.9 Å². The number of hydrogen-bond donors (Lipinski definition) is 0. The van der Waals surface area contributed by atoms with Gasteiger partial charge in [0, 0.05) is 31.7 Å². The first-order valence-corrected chi connectivity index (χ1v) is 9.48. The van der Waals surface area contributed by atoms with Gasteiger partial charge in [0.05, 0.1) is 13.4 Å². The Bertz CT molecular complexity index is 700. The van der Waals surface area contributed by atoms with Crippen LogP contribution in [0.25, 0.3) is 0 Å². The predicted molar refractivity (Wildman–Crippen MR) is 89.4 cm³/mol. The third-order valence-corrected chi connectivity index (χ3v) is 5.49. The Morgan fingerprint density at radius 1 is 1.09 bits per heavy atom. The number of aryl methyl sites for hydroxylation is 2. The summed E-state index contributed by atoms with van der Waals surface area (Å²) in [7, 11) is -1.60. The van der Waals surface area contributed by atoms with Crippen LogP contribution in [0.5, 0.6) is 5.75 Å². The number of sulfonamides is 1. The number of carbonyl (C=O) groups is 1. The molecule has 1 fully saturated rings. The molecule has 0 N–H and O–H groups in total. The lowest BCUT2D eigenvalue weighted by molar-refractivity contribution is 0.0763. The van der Waals surface area contributed by atoms with E-state index in [1.54, 1.807) is 12.0 Å². The fourth-order valence-corrected chi connectivity index (χ4v) is 3.71. The normalized spacial score (nSPS) is 17.0. The van der Waals surface area contributed by atoms with Crippen molar-refractivity contribution >= 4 is 15.9 Å². The fourth-order valence-electron chi connectivity index (χ4n) is 2.84. The molecule has 0 spiro atoms. The first kappa shape index (κ1) is 17.7. The maximum Gasteiger partial charge on any atom is 0.254 e. The molecule has 0 aliphatic carbocycles. The Morgan fingerprint density at radius 3 is 2.39 bits per heavy atom. The van der Waals surface area contributed by atoms with E-state index in [0.29, 0.717) is 38.2 Å². The van der Waals surface area contributed by atoms with Crippen molar-refractivity contribution in [1.82, 2.24) is 9.21 Å². The van der Waals surface area contributed by atoms with Crippen LogP contribution in [-0.2, 0) is 10.0 Å². The van der Waals surface area contributed by atoms with E-state index < -0.39 is 10.0 Å². The second-order valence-corrected chi connectivity index (χ2v) is 7.93. The molecule has 1 aromatic rings. The molecule has 6 nitrogen and oxygen atoms in total. The lowest BCUT2D eigenvalue weighted by Gasteiger charge is -2.22. The number of rotatable bonds is 3. The molecule has 0 bridgehead atoms. The van der Waals surface area contributed by atoms with E-state index >= 15 is 0 Å². The van der Waals surface area contributed by atoms with Crippen molar-refractivity contribution in [2.24, 2.45) is 0 Å². The molecule has 0 unspecified atom stereocenters. The third-order valence-electron chi connectivity index (χ3n) is 4.18. The van der Waals surface area contributed by atoms with E-state index in [-0.39, 0.29) is 5.91 Å². The van der Waals surface area contributed by atoms with Crippen molar-refractivity contribution in [2.75, 3.05) is 39.5 Å². The van der Waals surface area contributed by atoms with Crippen LogP contribution in [0.15, 0.2) is 12.1 Å². The highest BCUT2D eigenvalue weighted by molar-refractivity contribution is 7.88. The molecule has 0 radical (unpaired) electrons. The topological polar surface area (TPSA) is 66.9 Å². The van der Waals surface area contributed by atoms with Crippen LogP contribution in [0.3, 0.4) is 0 Å². The Balaban J connectivity index is 2.20. The number of hydrogen-bond acceptors (Lipinski definition) is 4. The number of methoxy groups -OCH3 is 1. The van der Waals surface area contributed by atoms with Gasteiger partial charge in [0.15, 0.2) is 0 Å². The van der Waals surface area contributed by atoms with Gasteiger partial charge in [-0.25, -0.2) is 12.7 Å². The number of amides is 1. The van der Waals surface area contributed by atoms with Crippen LogP contribution in [0, 0.1) is 13.8 Å². The van der Waals surface area contributed by atoms with Gasteiger partial charge in [-0.2, -0.15) is 0 Å². The second kappa shape index (κ2) is 6.88. The van der Waals surface area contributed by atoms with Crippen molar-refractivity contribution in [3.05, 3.63) is 28.8 Å². The van der Waals surface area contributed by atoms with E-state index in [0.717, 1.165) is 16.9 Å². The molecule has 0 atom stereocenters. The average molecular weight is 340 g/mol. The van der Waals surface area contributed by atoms with E-state index in [1.165, 1.54) is 10.6 Å². The number of ether oxygens (including phenoxy) is 1. The van der Waals surface area contributed by atoms with Gasteiger partial charge in [-0.15, -0.1) is 0 Å². The number of nitrogens with zero attached hydrogens (tertiary/aromatic N) is 2. The zero-order valence-corrected chi connectivity index (χ0v) is 14.9. The smallest absolute Gasteiger partial charge is 0.254 e. The SMILES string of the molecule is COc1cc(C)c(C(=O)N2CCCN(S(C)(=O)=O)CC2)cc1C. The Hall–Kier alpha value is -1.60. The summed E-state index contributed by atoms with van der Waals surface area (Å²) in [5.74, 6) is 0.710. The first-order valence-electron chi connectivity index (χ1n) is 7.63. The Morgan fingerprint density at radius 2 is 1.78 bits per heavy atom. The van der Waals surface area contributed by atoms with Crippen molar-refractivity contribution in [3.8, 4) is 5.75 Å². The van der Waals surface area contributed by atoms with Gasteiger partial charge in [-0.1, -0.05) is 0 Å². The van der Waals surface area contributed by atoms with Crippen LogP contribution >= 0.6 is 0 Å². The number of benzene rings is 1. The average Bonchev–Trinajstić information content (AvgIpc) is 2.74. The lowest BCUT2D eigenvalue weighted by Crippen LogP contribution is -2.37. The van der Waals surface area contributed by atoms with Crippen LogP contribution in [0.2, 0.25) is 0 Å². The molecular weight excluding hydrogens is 316 g/mol. The molecule has 1 aliphatic rings. The predicted octanol–water partition coefficient (Wildman–Crippen LogP) is 1.42. The fraction of sp³-hybridized carbons (Fsp3) is 0.562. The summed E-state index contributed by atoms with van der Waals surface area (Å²) in [4.78, 5) is 14.5. The molecule has 1 aromatic carbocycles. The van der Waals surface area contributed by atoms with Gasteiger partial charge in [0.1, 0.15) is 5.75 Å². The second-order valence-electron chi connectivity index (χ2n) is 5.94. The summed E-state index contributed by atoms with van der Waals surface area (Å²) in [5, 5.41) is 0. The van der Waals surface area contributed by atoms with Crippen molar-refractivity contribution in [2.45, 2.75) is 20.3 Å². The van der Waals surface area contributed by atoms with Crippen LogP contribution in [0.4, 0.5) is 0 Å². The molecule has 1 amide bonds. The van der Waals surface area contributed by atoms with Crippen molar-refractivity contribution in [3.63, 3.8) is 0 Å². The van der Waals surface area contributed by atoms with Gasteiger partial charge in [0.25, 0.3) is 5.91 Å². The molecule has 128 valence electrons. The summed E-state index contributed by atoms with van der Waals surface area (Å²) in [6, 6.07) is 3.71. The molecular formula is C16H24N2O4S. The summed E-state index contributed by atoms with van der Waals surface area (Å²) in [6.07, 6.45) is 1.86. The van der Waals surface area contributed by atoms with Crippen LogP contribution in [-0.4, -0.2) is 63.1 Å². The molecule has 0 saturated carbocycles. The standard InChI is InChI=1S/C16H24N2O4S/c1-12-11-15(22-3)13(2)10-14(12)16(19)17-6-5-7-18(9-8-17)23(4,20)21/h10-11H,5-9H2,1-4H3. The van der Waals surface area contributed by atoms with Crippen LogP contribution < -0.4 is 4.74 Å². The summed E-state index contributed by atoms with van der Waals surface area (Å²) in [6.45, 7) is 5.58. The minimum absolute atomic E-state index is 0.0522.